The van der Waals surface area contributed by atoms with Crippen molar-refractivity contribution in [3.05, 3.63) is 35.3 Å². The van der Waals surface area contributed by atoms with Gasteiger partial charge in [0.15, 0.2) is 5.13 Å². The molecule has 1 N–H and O–H groups in total. The number of rotatable bonds is 6. The molecule has 2 aliphatic heterocycles. The zero-order valence-electron chi connectivity index (χ0n) is 16.5. The number of anilines is 2. The predicted octanol–water partition coefficient (Wildman–Crippen LogP) is 1.18. The second-order valence-electron chi connectivity index (χ2n) is 7.01. The lowest BCUT2D eigenvalue weighted by molar-refractivity contribution is -0.134. The molecule has 2 saturated heterocycles. The Balaban J connectivity index is 1.38. The third kappa shape index (κ3) is 5.09. The van der Waals surface area contributed by atoms with Crippen molar-refractivity contribution in [1.82, 2.24) is 9.88 Å². The number of ether oxygens (including phenoxy) is 2. The number of hydrogen-bond acceptors (Lipinski definition) is 8. The van der Waals surface area contributed by atoms with Crippen LogP contribution in [-0.4, -0.2) is 76.8 Å². The van der Waals surface area contributed by atoms with E-state index in [1.807, 2.05) is 0 Å². The van der Waals surface area contributed by atoms with Crippen molar-refractivity contribution in [1.29, 1.82) is 0 Å². The van der Waals surface area contributed by atoms with Crippen LogP contribution in [0.5, 0.6) is 0 Å². The van der Waals surface area contributed by atoms with E-state index in [-0.39, 0.29) is 22.4 Å². The van der Waals surface area contributed by atoms with Crippen LogP contribution in [-0.2, 0) is 30.7 Å². The predicted molar refractivity (Wildman–Crippen MR) is 113 cm³/mol. The largest absolute Gasteiger partial charge is 0.378 e. The molecule has 9 nitrogen and oxygen atoms in total. The van der Waals surface area contributed by atoms with Gasteiger partial charge in [-0.25, -0.2) is 13.4 Å². The minimum atomic E-state index is -3.75. The van der Waals surface area contributed by atoms with E-state index >= 15 is 0 Å². The number of nitrogens with one attached hydrogen (secondary N) is 1. The number of sulfonamides is 1. The minimum absolute atomic E-state index is 0.0308. The Labute approximate surface area is 179 Å². The molecule has 3 heterocycles. The molecule has 0 bridgehead atoms. The van der Waals surface area contributed by atoms with Gasteiger partial charge < -0.3 is 19.3 Å². The van der Waals surface area contributed by atoms with Gasteiger partial charge in [0.2, 0.25) is 5.91 Å². The van der Waals surface area contributed by atoms with E-state index in [0.717, 1.165) is 18.8 Å². The first-order valence-corrected chi connectivity index (χ1v) is 12.1. The molecule has 0 radical (unpaired) electrons. The molecule has 0 aliphatic carbocycles. The summed E-state index contributed by atoms with van der Waals surface area (Å²) in [6.45, 7) is 5.14. The van der Waals surface area contributed by atoms with E-state index in [0.29, 0.717) is 45.2 Å². The standard InChI is InChI=1S/C19H24N4O5S2/c24-18(23-7-11-28-12-8-23)13-15-14-29-19(20-15)21-30(25,26)17-3-1-16(2-4-17)22-5-9-27-10-6-22/h1-4,14H,5-13H2,(H,20,21). The summed E-state index contributed by atoms with van der Waals surface area (Å²) in [5, 5.41) is 1.95. The molecule has 1 amide bonds. The van der Waals surface area contributed by atoms with E-state index in [1.54, 1.807) is 34.5 Å². The Hall–Kier alpha value is -2.21. The molecule has 0 spiro atoms. The number of aromatic nitrogens is 1. The molecule has 4 rings (SSSR count). The Kier molecular flexibility index (Phi) is 6.52. The number of amides is 1. The van der Waals surface area contributed by atoms with Gasteiger partial charge in [-0.1, -0.05) is 0 Å². The van der Waals surface area contributed by atoms with E-state index in [2.05, 4.69) is 14.6 Å². The lowest BCUT2D eigenvalue weighted by atomic mass is 10.2. The fourth-order valence-electron chi connectivity index (χ4n) is 3.35. The van der Waals surface area contributed by atoms with Crippen molar-refractivity contribution in [2.75, 3.05) is 62.2 Å². The first kappa shape index (κ1) is 21.0. The smallest absolute Gasteiger partial charge is 0.263 e. The molecule has 1 aromatic carbocycles. The number of morpholine rings is 2. The number of carbonyl (C=O) groups is 1. The third-order valence-corrected chi connectivity index (χ3v) is 7.28. The van der Waals surface area contributed by atoms with Gasteiger partial charge in [-0.05, 0) is 24.3 Å². The first-order valence-electron chi connectivity index (χ1n) is 9.77. The Morgan fingerprint density at radius 3 is 2.33 bits per heavy atom. The van der Waals surface area contributed by atoms with Crippen LogP contribution in [0.1, 0.15) is 5.69 Å². The van der Waals surface area contributed by atoms with Crippen molar-refractivity contribution >= 4 is 38.1 Å². The summed E-state index contributed by atoms with van der Waals surface area (Å²) < 4.78 is 38.5. The highest BCUT2D eigenvalue weighted by atomic mass is 32.2. The van der Waals surface area contributed by atoms with Gasteiger partial charge in [0.25, 0.3) is 10.0 Å². The van der Waals surface area contributed by atoms with Crippen molar-refractivity contribution < 1.29 is 22.7 Å². The van der Waals surface area contributed by atoms with Crippen LogP contribution in [0.25, 0.3) is 0 Å². The molecular formula is C19H24N4O5S2. The lowest BCUT2D eigenvalue weighted by Crippen LogP contribution is -2.41. The summed E-state index contributed by atoms with van der Waals surface area (Å²) in [7, 11) is -3.75. The summed E-state index contributed by atoms with van der Waals surface area (Å²) in [5.74, 6) is -0.0308. The van der Waals surface area contributed by atoms with Gasteiger partial charge in [0, 0.05) is 37.2 Å². The van der Waals surface area contributed by atoms with Crippen LogP contribution in [0.4, 0.5) is 10.8 Å². The van der Waals surface area contributed by atoms with Gasteiger partial charge in [-0.2, -0.15) is 0 Å². The first-order chi connectivity index (χ1) is 14.5. The molecule has 2 aromatic rings. The Bertz CT molecular complexity index is 965. The van der Waals surface area contributed by atoms with Crippen molar-refractivity contribution in [3.8, 4) is 0 Å². The van der Waals surface area contributed by atoms with Crippen molar-refractivity contribution in [2.24, 2.45) is 0 Å². The fraction of sp³-hybridized carbons (Fsp3) is 0.474. The van der Waals surface area contributed by atoms with Crippen LogP contribution in [0.2, 0.25) is 0 Å². The number of nitrogens with zero attached hydrogens (tertiary/aromatic N) is 3. The number of benzene rings is 1. The maximum Gasteiger partial charge on any atom is 0.263 e. The SMILES string of the molecule is O=C(Cc1csc(NS(=O)(=O)c2ccc(N3CCOCC3)cc2)n1)N1CCOCC1. The zero-order chi connectivity index (χ0) is 21.0. The average molecular weight is 453 g/mol. The average Bonchev–Trinajstić information content (AvgIpc) is 3.21. The fourth-order valence-corrected chi connectivity index (χ4v) is 5.31. The van der Waals surface area contributed by atoms with E-state index in [9.17, 15) is 13.2 Å². The Morgan fingerprint density at radius 1 is 1.03 bits per heavy atom. The van der Waals surface area contributed by atoms with Gasteiger partial charge in [0.05, 0.1) is 43.4 Å². The van der Waals surface area contributed by atoms with Gasteiger partial charge in [-0.3, -0.25) is 9.52 Å². The monoisotopic (exact) mass is 452 g/mol. The van der Waals surface area contributed by atoms with E-state index in [1.165, 1.54) is 11.3 Å². The molecule has 0 atom stereocenters. The Morgan fingerprint density at radius 2 is 1.67 bits per heavy atom. The number of carbonyl (C=O) groups excluding carboxylic acids is 1. The molecule has 2 fully saturated rings. The second-order valence-corrected chi connectivity index (χ2v) is 9.55. The van der Waals surface area contributed by atoms with Crippen LogP contribution < -0.4 is 9.62 Å². The summed E-state index contributed by atoms with van der Waals surface area (Å²) in [5.41, 5.74) is 1.52. The highest BCUT2D eigenvalue weighted by molar-refractivity contribution is 7.93. The maximum atomic E-state index is 12.7. The van der Waals surface area contributed by atoms with Gasteiger partial charge >= 0.3 is 0 Å². The second kappa shape index (κ2) is 9.29. The number of hydrogen-bond donors (Lipinski definition) is 1. The summed E-state index contributed by atoms with van der Waals surface area (Å²) >= 11 is 1.17. The molecule has 0 unspecified atom stereocenters. The molecule has 1 aromatic heterocycles. The maximum absolute atomic E-state index is 12.7. The van der Waals surface area contributed by atoms with Crippen molar-refractivity contribution in [2.45, 2.75) is 11.3 Å². The highest BCUT2D eigenvalue weighted by Crippen LogP contribution is 2.23. The van der Waals surface area contributed by atoms with E-state index < -0.39 is 10.0 Å². The molecule has 162 valence electrons. The van der Waals surface area contributed by atoms with Crippen LogP contribution in [0, 0.1) is 0 Å². The molecule has 11 heteroatoms. The van der Waals surface area contributed by atoms with Crippen LogP contribution in [0.3, 0.4) is 0 Å². The minimum Gasteiger partial charge on any atom is -0.378 e. The highest BCUT2D eigenvalue weighted by Gasteiger charge is 2.20. The quantitative estimate of drug-likeness (QED) is 0.702. The van der Waals surface area contributed by atoms with Crippen molar-refractivity contribution in [3.63, 3.8) is 0 Å². The summed E-state index contributed by atoms with van der Waals surface area (Å²) in [4.78, 5) is 20.7. The molecule has 0 saturated carbocycles. The normalized spacial score (nSPS) is 17.7. The summed E-state index contributed by atoms with van der Waals surface area (Å²) in [6.07, 6.45) is 0.145. The molecule has 2 aliphatic rings. The number of thiazole rings is 1. The molecular weight excluding hydrogens is 428 g/mol. The van der Waals surface area contributed by atoms with Gasteiger partial charge in [-0.15, -0.1) is 11.3 Å². The van der Waals surface area contributed by atoms with Crippen LogP contribution >= 0.6 is 11.3 Å². The molecule has 30 heavy (non-hydrogen) atoms. The summed E-state index contributed by atoms with van der Waals surface area (Å²) in [6, 6.07) is 6.77. The van der Waals surface area contributed by atoms with Crippen LogP contribution in [0.15, 0.2) is 34.5 Å². The lowest BCUT2D eigenvalue weighted by Gasteiger charge is -2.28. The third-order valence-electron chi connectivity index (χ3n) is 4.99. The van der Waals surface area contributed by atoms with E-state index in [4.69, 9.17) is 9.47 Å². The van der Waals surface area contributed by atoms with Gasteiger partial charge in [0.1, 0.15) is 0 Å². The topological polar surface area (TPSA) is 101 Å². The zero-order valence-corrected chi connectivity index (χ0v) is 18.1.